The van der Waals surface area contributed by atoms with Gasteiger partial charge in [0.25, 0.3) is 5.56 Å². The van der Waals surface area contributed by atoms with Crippen LogP contribution in [0.2, 0.25) is 0 Å². The summed E-state index contributed by atoms with van der Waals surface area (Å²) in [6, 6.07) is 0.156. The molecular weight excluding hydrogens is 254 g/mol. The van der Waals surface area contributed by atoms with Gasteiger partial charge >= 0.3 is 0 Å². The van der Waals surface area contributed by atoms with Crippen LogP contribution in [0.15, 0.2) is 17.2 Å². The van der Waals surface area contributed by atoms with Crippen LogP contribution >= 0.6 is 0 Å². The van der Waals surface area contributed by atoms with Gasteiger partial charge < -0.3 is 14.8 Å². The predicted octanol–water partition coefficient (Wildman–Crippen LogP) is 0.484. The van der Waals surface area contributed by atoms with Crippen LogP contribution in [-0.2, 0) is 0 Å². The molecule has 1 saturated heterocycles. The van der Waals surface area contributed by atoms with Gasteiger partial charge in [0.15, 0.2) is 5.82 Å². The molecule has 1 aliphatic heterocycles. The lowest BCUT2D eigenvalue weighted by Crippen LogP contribution is -2.46. The van der Waals surface area contributed by atoms with E-state index in [4.69, 9.17) is 0 Å². The van der Waals surface area contributed by atoms with E-state index in [2.05, 4.69) is 27.1 Å². The molecule has 0 amide bonds. The summed E-state index contributed by atoms with van der Waals surface area (Å²) in [6.45, 7) is 10.1. The molecule has 0 atom stereocenters. The topological polar surface area (TPSA) is 53.4 Å². The first-order valence-corrected chi connectivity index (χ1v) is 7.30. The number of piperazine rings is 1. The summed E-state index contributed by atoms with van der Waals surface area (Å²) < 4.78 is 1.70. The fourth-order valence-electron chi connectivity index (χ4n) is 2.36. The number of hydrogen-bond acceptors (Lipinski definition) is 5. The summed E-state index contributed by atoms with van der Waals surface area (Å²) in [5.41, 5.74) is -0.0409. The molecule has 0 aromatic carbocycles. The molecule has 20 heavy (non-hydrogen) atoms. The van der Waals surface area contributed by atoms with E-state index < -0.39 is 0 Å². The zero-order chi connectivity index (χ0) is 14.5. The fraction of sp³-hybridized carbons (Fsp3) is 0.714. The molecule has 0 spiro atoms. The molecule has 6 nitrogen and oxygen atoms in total. The van der Waals surface area contributed by atoms with Crippen LogP contribution in [0.3, 0.4) is 0 Å². The second kappa shape index (κ2) is 6.85. The smallest absolute Gasteiger partial charge is 0.293 e. The number of likely N-dealkylation sites (N-methyl/N-ethyl adjacent to an activating group) is 1. The fourth-order valence-corrected chi connectivity index (χ4v) is 2.36. The minimum atomic E-state index is -0.0409. The third kappa shape index (κ3) is 3.80. The first-order chi connectivity index (χ1) is 9.58. The van der Waals surface area contributed by atoms with Crippen LogP contribution in [0.4, 0.5) is 5.82 Å². The van der Waals surface area contributed by atoms with E-state index in [1.165, 1.54) is 0 Å². The molecule has 2 rings (SSSR count). The molecule has 2 heterocycles. The highest BCUT2D eigenvalue weighted by atomic mass is 16.1. The van der Waals surface area contributed by atoms with Crippen molar-refractivity contribution in [2.75, 3.05) is 51.6 Å². The summed E-state index contributed by atoms with van der Waals surface area (Å²) in [5.74, 6) is 0.454. The van der Waals surface area contributed by atoms with Crippen molar-refractivity contribution in [3.8, 4) is 0 Å². The molecular formula is C14H25N5O. The van der Waals surface area contributed by atoms with Crippen molar-refractivity contribution in [2.24, 2.45) is 0 Å². The van der Waals surface area contributed by atoms with E-state index in [9.17, 15) is 4.79 Å². The van der Waals surface area contributed by atoms with Crippen LogP contribution in [-0.4, -0.2) is 65.7 Å². The molecule has 6 heteroatoms. The maximum Gasteiger partial charge on any atom is 0.293 e. The lowest BCUT2D eigenvalue weighted by atomic mass is 10.3. The zero-order valence-corrected chi connectivity index (χ0v) is 12.7. The molecule has 1 aliphatic rings. The summed E-state index contributed by atoms with van der Waals surface area (Å²) in [6.07, 6.45) is 3.41. The van der Waals surface area contributed by atoms with Crippen LogP contribution in [0, 0.1) is 0 Å². The maximum atomic E-state index is 12.2. The van der Waals surface area contributed by atoms with Crippen molar-refractivity contribution in [3.05, 3.63) is 22.7 Å². The number of anilines is 1. The van der Waals surface area contributed by atoms with Crippen molar-refractivity contribution in [2.45, 2.75) is 19.9 Å². The Labute approximate surface area is 120 Å². The highest BCUT2D eigenvalue weighted by Crippen LogP contribution is 2.02. The Kier molecular flexibility index (Phi) is 5.14. The third-order valence-corrected chi connectivity index (χ3v) is 3.74. The molecule has 0 bridgehead atoms. The molecule has 1 aromatic rings. The molecule has 1 fully saturated rings. The second-order valence-corrected chi connectivity index (χ2v) is 5.65. The van der Waals surface area contributed by atoms with Crippen molar-refractivity contribution < 1.29 is 0 Å². The minimum absolute atomic E-state index is 0.0409. The third-order valence-electron chi connectivity index (χ3n) is 3.74. The molecule has 0 unspecified atom stereocenters. The van der Waals surface area contributed by atoms with Gasteiger partial charge in [0.05, 0.1) is 0 Å². The van der Waals surface area contributed by atoms with E-state index >= 15 is 0 Å². The first-order valence-electron chi connectivity index (χ1n) is 7.30. The Balaban J connectivity index is 1.85. The van der Waals surface area contributed by atoms with Gasteiger partial charge in [0, 0.05) is 57.7 Å². The largest absolute Gasteiger partial charge is 0.364 e. The number of rotatable bonds is 5. The number of nitrogens with one attached hydrogen (secondary N) is 1. The van der Waals surface area contributed by atoms with Crippen molar-refractivity contribution >= 4 is 5.82 Å². The van der Waals surface area contributed by atoms with Gasteiger partial charge in [-0.25, -0.2) is 4.98 Å². The number of nitrogens with zero attached hydrogens (tertiary/aromatic N) is 4. The average molecular weight is 279 g/mol. The van der Waals surface area contributed by atoms with Gasteiger partial charge in [-0.05, 0) is 20.9 Å². The summed E-state index contributed by atoms with van der Waals surface area (Å²) >= 11 is 0. The lowest BCUT2D eigenvalue weighted by Gasteiger charge is -2.32. The summed E-state index contributed by atoms with van der Waals surface area (Å²) in [7, 11) is 2.15. The van der Waals surface area contributed by atoms with Gasteiger partial charge in [-0.3, -0.25) is 9.69 Å². The zero-order valence-electron chi connectivity index (χ0n) is 12.7. The molecule has 112 valence electrons. The van der Waals surface area contributed by atoms with Gasteiger partial charge in [-0.15, -0.1) is 0 Å². The summed E-state index contributed by atoms with van der Waals surface area (Å²) in [5, 5.41) is 3.17. The first kappa shape index (κ1) is 15.0. The normalized spacial score (nSPS) is 17.6. The summed E-state index contributed by atoms with van der Waals surface area (Å²) in [4.78, 5) is 21.0. The second-order valence-electron chi connectivity index (χ2n) is 5.65. The highest BCUT2D eigenvalue weighted by molar-refractivity contribution is 5.30. The highest BCUT2D eigenvalue weighted by Gasteiger charge is 2.13. The van der Waals surface area contributed by atoms with Crippen molar-refractivity contribution in [1.82, 2.24) is 19.4 Å². The van der Waals surface area contributed by atoms with Gasteiger partial charge in [-0.1, -0.05) is 0 Å². The quantitative estimate of drug-likeness (QED) is 0.850. The van der Waals surface area contributed by atoms with Gasteiger partial charge in [0.2, 0.25) is 0 Å². The van der Waals surface area contributed by atoms with Crippen LogP contribution in [0.1, 0.15) is 19.9 Å². The Bertz CT molecular complexity index is 477. The Morgan fingerprint density at radius 1 is 1.30 bits per heavy atom. The number of aromatic nitrogens is 2. The minimum Gasteiger partial charge on any atom is -0.364 e. The monoisotopic (exact) mass is 279 g/mol. The molecule has 1 N–H and O–H groups in total. The molecule has 1 aromatic heterocycles. The molecule has 0 aliphatic carbocycles. The van der Waals surface area contributed by atoms with Crippen LogP contribution in [0.5, 0.6) is 0 Å². The van der Waals surface area contributed by atoms with Gasteiger partial charge in [0.1, 0.15) is 0 Å². The van der Waals surface area contributed by atoms with Gasteiger partial charge in [-0.2, -0.15) is 0 Å². The number of hydrogen-bond donors (Lipinski definition) is 1. The Morgan fingerprint density at radius 2 is 2.00 bits per heavy atom. The Morgan fingerprint density at radius 3 is 2.65 bits per heavy atom. The van der Waals surface area contributed by atoms with E-state index in [0.717, 1.165) is 39.3 Å². The predicted molar refractivity (Wildman–Crippen MR) is 81.3 cm³/mol. The average Bonchev–Trinajstić information content (AvgIpc) is 2.42. The standard InChI is InChI=1S/C14H25N5O/c1-12(2)19-7-5-16-13(14(19)20)15-4-6-18-10-8-17(3)9-11-18/h5,7,12H,4,6,8-11H2,1-3H3,(H,15,16). The lowest BCUT2D eigenvalue weighted by molar-refractivity contribution is 0.158. The van der Waals surface area contributed by atoms with Crippen LogP contribution < -0.4 is 10.9 Å². The van der Waals surface area contributed by atoms with E-state index in [-0.39, 0.29) is 11.6 Å². The van der Waals surface area contributed by atoms with E-state index in [1.54, 1.807) is 17.0 Å². The van der Waals surface area contributed by atoms with Crippen molar-refractivity contribution in [1.29, 1.82) is 0 Å². The molecule has 0 radical (unpaired) electrons. The Hall–Kier alpha value is -1.40. The van der Waals surface area contributed by atoms with E-state index in [1.807, 2.05) is 13.8 Å². The van der Waals surface area contributed by atoms with Crippen molar-refractivity contribution in [3.63, 3.8) is 0 Å². The molecule has 0 saturated carbocycles. The SMILES string of the molecule is CC(C)n1ccnc(NCCN2CCN(C)CC2)c1=O. The maximum absolute atomic E-state index is 12.2. The van der Waals surface area contributed by atoms with E-state index in [0.29, 0.717) is 5.82 Å². The van der Waals surface area contributed by atoms with Crippen LogP contribution in [0.25, 0.3) is 0 Å².